The van der Waals surface area contributed by atoms with Gasteiger partial charge in [0.05, 0.1) is 28.0 Å². The predicted octanol–water partition coefficient (Wildman–Crippen LogP) is 4.19. The van der Waals surface area contributed by atoms with Crippen molar-refractivity contribution in [2.45, 2.75) is 25.0 Å². The van der Waals surface area contributed by atoms with Gasteiger partial charge in [-0.2, -0.15) is 0 Å². The minimum atomic E-state index is -0.702. The highest BCUT2D eigenvalue weighted by atomic mass is 79.9. The number of halogens is 1. The lowest BCUT2D eigenvalue weighted by atomic mass is 9.98. The van der Waals surface area contributed by atoms with Gasteiger partial charge in [0.2, 0.25) is 5.76 Å². The SMILES string of the molecule is O=C1c2oc3ccc(Br)cc3c(=O)c2[C@H](c2ccc([N+](=O)[O-])cc2)N1C[C@@H]1CCCO1. The second-order valence-corrected chi connectivity index (χ2v) is 8.57. The zero-order chi connectivity index (χ0) is 21.7. The molecule has 3 heterocycles. The summed E-state index contributed by atoms with van der Waals surface area (Å²) in [6, 6.07) is 10.3. The van der Waals surface area contributed by atoms with Crippen LogP contribution in [0, 0.1) is 10.1 Å². The van der Waals surface area contributed by atoms with Gasteiger partial charge in [0, 0.05) is 29.8 Å². The van der Waals surface area contributed by atoms with Gasteiger partial charge < -0.3 is 14.1 Å². The molecule has 1 amide bonds. The number of hydrogen-bond acceptors (Lipinski definition) is 6. The van der Waals surface area contributed by atoms with Crippen molar-refractivity contribution < 1.29 is 18.9 Å². The highest BCUT2D eigenvalue weighted by Gasteiger charge is 2.44. The Bertz CT molecular complexity index is 1260. The summed E-state index contributed by atoms with van der Waals surface area (Å²) in [5.41, 5.74) is 0.846. The molecule has 3 aromatic rings. The van der Waals surface area contributed by atoms with Crippen molar-refractivity contribution in [1.82, 2.24) is 4.90 Å². The van der Waals surface area contributed by atoms with Crippen LogP contribution in [0.15, 0.2) is 56.1 Å². The lowest BCUT2D eigenvalue weighted by molar-refractivity contribution is -0.384. The first-order valence-corrected chi connectivity index (χ1v) is 10.7. The van der Waals surface area contributed by atoms with Crippen LogP contribution in [-0.2, 0) is 4.74 Å². The van der Waals surface area contributed by atoms with Crippen LogP contribution in [0.25, 0.3) is 11.0 Å². The number of nitro benzene ring substituents is 1. The van der Waals surface area contributed by atoms with E-state index in [0.29, 0.717) is 29.7 Å². The van der Waals surface area contributed by atoms with E-state index in [4.69, 9.17) is 9.15 Å². The van der Waals surface area contributed by atoms with Crippen molar-refractivity contribution in [2.75, 3.05) is 13.2 Å². The number of ether oxygens (including phenoxy) is 1. The Morgan fingerprint density at radius 3 is 2.61 bits per heavy atom. The van der Waals surface area contributed by atoms with Gasteiger partial charge in [0.15, 0.2) is 5.43 Å². The summed E-state index contributed by atoms with van der Waals surface area (Å²) >= 11 is 3.37. The number of nitro groups is 1. The molecule has 0 bridgehead atoms. The Morgan fingerprint density at radius 2 is 1.94 bits per heavy atom. The van der Waals surface area contributed by atoms with Gasteiger partial charge in [-0.05, 0) is 48.7 Å². The van der Waals surface area contributed by atoms with Crippen LogP contribution in [0.5, 0.6) is 0 Å². The van der Waals surface area contributed by atoms with Crippen LogP contribution in [0.3, 0.4) is 0 Å². The number of carbonyl (C=O) groups is 1. The molecule has 0 N–H and O–H groups in total. The molecule has 158 valence electrons. The number of non-ortho nitro benzene ring substituents is 1. The van der Waals surface area contributed by atoms with Crippen LogP contribution >= 0.6 is 15.9 Å². The maximum atomic E-state index is 13.5. The van der Waals surface area contributed by atoms with Crippen molar-refractivity contribution in [3.05, 3.63) is 84.2 Å². The van der Waals surface area contributed by atoms with E-state index >= 15 is 0 Å². The molecule has 1 saturated heterocycles. The number of rotatable bonds is 4. The third-order valence-electron chi connectivity index (χ3n) is 5.77. The van der Waals surface area contributed by atoms with E-state index in [1.165, 1.54) is 12.1 Å². The Balaban J connectivity index is 1.69. The first-order valence-electron chi connectivity index (χ1n) is 9.87. The summed E-state index contributed by atoms with van der Waals surface area (Å²) in [5.74, 6) is -0.364. The smallest absolute Gasteiger partial charge is 0.291 e. The second kappa shape index (κ2) is 7.58. The summed E-state index contributed by atoms with van der Waals surface area (Å²) in [4.78, 5) is 39.0. The van der Waals surface area contributed by atoms with Crippen molar-refractivity contribution in [1.29, 1.82) is 0 Å². The first-order chi connectivity index (χ1) is 14.9. The molecule has 1 aromatic heterocycles. The largest absolute Gasteiger partial charge is 0.450 e. The number of nitrogens with zero attached hydrogens (tertiary/aromatic N) is 2. The highest BCUT2D eigenvalue weighted by molar-refractivity contribution is 9.10. The molecule has 1 fully saturated rings. The van der Waals surface area contributed by atoms with E-state index in [0.717, 1.165) is 17.3 Å². The molecule has 0 unspecified atom stereocenters. The summed E-state index contributed by atoms with van der Waals surface area (Å²) in [5, 5.41) is 11.4. The van der Waals surface area contributed by atoms with Gasteiger partial charge >= 0.3 is 0 Å². The Labute approximate surface area is 184 Å². The van der Waals surface area contributed by atoms with Crippen molar-refractivity contribution in [3.63, 3.8) is 0 Å². The molecular formula is C22H17BrN2O6. The van der Waals surface area contributed by atoms with Gasteiger partial charge in [0.25, 0.3) is 11.6 Å². The summed E-state index contributed by atoms with van der Waals surface area (Å²) in [6.45, 7) is 0.946. The van der Waals surface area contributed by atoms with Gasteiger partial charge in [-0.1, -0.05) is 15.9 Å². The number of carbonyl (C=O) groups excluding carboxylic acids is 1. The quantitative estimate of drug-likeness (QED) is 0.406. The molecule has 0 spiro atoms. The lowest BCUT2D eigenvalue weighted by Crippen LogP contribution is -2.36. The fourth-order valence-electron chi connectivity index (χ4n) is 4.31. The van der Waals surface area contributed by atoms with E-state index < -0.39 is 11.0 Å². The number of fused-ring (bicyclic) bond motifs is 2. The number of benzene rings is 2. The third kappa shape index (κ3) is 3.34. The molecule has 2 aromatic carbocycles. The van der Waals surface area contributed by atoms with Gasteiger partial charge in [-0.25, -0.2) is 0 Å². The van der Waals surface area contributed by atoms with Gasteiger partial charge in [0.1, 0.15) is 5.58 Å². The Hall–Kier alpha value is -3.04. The molecule has 0 saturated carbocycles. The Kier molecular flexibility index (Phi) is 4.86. The number of amides is 1. The van der Waals surface area contributed by atoms with Crippen LogP contribution < -0.4 is 5.43 Å². The minimum Gasteiger partial charge on any atom is -0.450 e. The van der Waals surface area contributed by atoms with E-state index in [9.17, 15) is 19.7 Å². The zero-order valence-electron chi connectivity index (χ0n) is 16.2. The van der Waals surface area contributed by atoms with Gasteiger partial charge in [-0.15, -0.1) is 0 Å². The van der Waals surface area contributed by atoms with E-state index in [1.54, 1.807) is 35.2 Å². The molecule has 0 radical (unpaired) electrons. The fraction of sp³-hybridized carbons (Fsp3) is 0.273. The monoisotopic (exact) mass is 484 g/mol. The average Bonchev–Trinajstić information content (AvgIpc) is 3.36. The highest BCUT2D eigenvalue weighted by Crippen LogP contribution is 2.39. The van der Waals surface area contributed by atoms with Crippen molar-refractivity contribution in [2.24, 2.45) is 0 Å². The molecule has 2 aliphatic rings. The molecule has 2 aliphatic heterocycles. The van der Waals surface area contributed by atoms with Crippen LogP contribution in [0.2, 0.25) is 0 Å². The standard InChI is InChI=1S/C22H17BrN2O6/c23-13-5-8-17-16(10-13)20(26)18-19(12-3-6-14(7-4-12)25(28)29)24(22(27)21(18)31-17)11-15-2-1-9-30-15/h3-8,10,15,19H,1-2,9,11H2/t15-,19-/m0/s1. The van der Waals surface area contributed by atoms with Crippen LogP contribution in [0.1, 0.15) is 40.6 Å². The summed E-state index contributed by atoms with van der Waals surface area (Å²) < 4.78 is 12.3. The Morgan fingerprint density at radius 1 is 1.16 bits per heavy atom. The fourth-order valence-corrected chi connectivity index (χ4v) is 4.67. The van der Waals surface area contributed by atoms with Crippen molar-refractivity contribution in [3.8, 4) is 0 Å². The lowest BCUT2D eigenvalue weighted by Gasteiger charge is -2.27. The molecule has 5 rings (SSSR count). The van der Waals surface area contributed by atoms with E-state index in [1.807, 2.05) is 0 Å². The minimum absolute atomic E-state index is 0.0150. The maximum absolute atomic E-state index is 13.5. The molecule has 9 heteroatoms. The maximum Gasteiger partial charge on any atom is 0.291 e. The second-order valence-electron chi connectivity index (χ2n) is 7.66. The normalized spacial score (nSPS) is 20.4. The summed E-state index contributed by atoms with van der Waals surface area (Å²) in [7, 11) is 0. The van der Waals surface area contributed by atoms with Gasteiger partial charge in [-0.3, -0.25) is 19.7 Å². The van der Waals surface area contributed by atoms with Crippen molar-refractivity contribution >= 4 is 38.5 Å². The van der Waals surface area contributed by atoms with E-state index in [-0.39, 0.29) is 34.5 Å². The molecule has 0 aliphatic carbocycles. The first kappa shape index (κ1) is 19.9. The zero-order valence-corrected chi connectivity index (χ0v) is 17.8. The third-order valence-corrected chi connectivity index (χ3v) is 6.26. The summed E-state index contributed by atoms with van der Waals surface area (Å²) in [6.07, 6.45) is 1.61. The van der Waals surface area contributed by atoms with Crippen LogP contribution in [0.4, 0.5) is 5.69 Å². The molecule has 2 atom stereocenters. The molecule has 31 heavy (non-hydrogen) atoms. The van der Waals surface area contributed by atoms with E-state index in [2.05, 4.69) is 15.9 Å². The predicted molar refractivity (Wildman–Crippen MR) is 115 cm³/mol. The molecular weight excluding hydrogens is 468 g/mol. The van der Waals surface area contributed by atoms with Crippen LogP contribution in [-0.4, -0.2) is 35.0 Å². The molecule has 8 nitrogen and oxygen atoms in total. The topological polar surface area (TPSA) is 103 Å². The number of hydrogen-bond donors (Lipinski definition) is 0. The average molecular weight is 485 g/mol.